The predicted molar refractivity (Wildman–Crippen MR) is 116 cm³/mol. The minimum Gasteiger partial charge on any atom is -0.135 e. The Morgan fingerprint density at radius 2 is 1.50 bits per heavy atom. The fourth-order valence-corrected chi connectivity index (χ4v) is 5.27. The highest BCUT2D eigenvalue weighted by Crippen LogP contribution is 2.38. The molecule has 0 bridgehead atoms. The molecule has 0 aliphatic carbocycles. The van der Waals surface area contributed by atoms with E-state index in [1.807, 2.05) is 11.3 Å². The number of fused-ring (bicyclic) bond motifs is 3. The first-order valence-corrected chi connectivity index (χ1v) is 10.0. The second-order valence-electron chi connectivity index (χ2n) is 7.25. The van der Waals surface area contributed by atoms with Gasteiger partial charge in [-0.05, 0) is 62.9 Å². The van der Waals surface area contributed by atoms with Crippen LogP contribution in [0.1, 0.15) is 26.3 Å². The molecule has 4 aromatic rings. The van der Waals surface area contributed by atoms with Crippen LogP contribution in [0.2, 0.25) is 0 Å². The Kier molecular flexibility index (Phi) is 3.92. The molecule has 0 saturated carbocycles. The van der Waals surface area contributed by atoms with Gasteiger partial charge >= 0.3 is 0 Å². The fourth-order valence-electron chi connectivity index (χ4n) is 3.12. The number of benzene rings is 3. The highest BCUT2D eigenvalue weighted by atomic mass is 127. The molecule has 4 rings (SSSR count). The van der Waals surface area contributed by atoms with Crippen molar-refractivity contribution in [3.05, 3.63) is 69.8 Å². The zero-order valence-electron chi connectivity index (χ0n) is 14.1. The summed E-state index contributed by atoms with van der Waals surface area (Å²) in [4.78, 5) is 0. The van der Waals surface area contributed by atoms with Crippen LogP contribution in [0.4, 0.5) is 0 Å². The molecule has 0 fully saturated rings. The van der Waals surface area contributed by atoms with Crippen molar-refractivity contribution in [2.24, 2.45) is 0 Å². The van der Waals surface area contributed by atoms with E-state index < -0.39 is 0 Å². The average molecular weight is 442 g/mol. The van der Waals surface area contributed by atoms with Crippen LogP contribution in [-0.4, -0.2) is 0 Å². The summed E-state index contributed by atoms with van der Waals surface area (Å²) >= 11 is 4.33. The topological polar surface area (TPSA) is 0 Å². The summed E-state index contributed by atoms with van der Waals surface area (Å²) in [6.07, 6.45) is 0. The van der Waals surface area contributed by atoms with Gasteiger partial charge in [-0.25, -0.2) is 0 Å². The van der Waals surface area contributed by atoms with Crippen LogP contribution in [-0.2, 0) is 5.41 Å². The molecule has 0 N–H and O–H groups in total. The summed E-state index contributed by atoms with van der Waals surface area (Å²) < 4.78 is 4.07. The van der Waals surface area contributed by atoms with E-state index in [-0.39, 0.29) is 5.41 Å². The van der Waals surface area contributed by atoms with E-state index in [9.17, 15) is 0 Å². The summed E-state index contributed by atoms with van der Waals surface area (Å²) in [5.41, 5.74) is 4.16. The molecule has 0 nitrogen and oxygen atoms in total. The highest BCUT2D eigenvalue weighted by molar-refractivity contribution is 14.1. The van der Waals surface area contributed by atoms with Gasteiger partial charge in [-0.15, -0.1) is 11.3 Å². The van der Waals surface area contributed by atoms with Crippen LogP contribution < -0.4 is 0 Å². The maximum absolute atomic E-state index is 2.44. The molecule has 24 heavy (non-hydrogen) atoms. The van der Waals surface area contributed by atoms with E-state index in [1.165, 1.54) is 40.4 Å². The summed E-state index contributed by atoms with van der Waals surface area (Å²) in [6, 6.07) is 22.4. The van der Waals surface area contributed by atoms with Gasteiger partial charge in [0.15, 0.2) is 0 Å². The molecule has 0 amide bonds. The van der Waals surface area contributed by atoms with Crippen molar-refractivity contribution >= 4 is 54.1 Å². The fraction of sp³-hybridized carbons (Fsp3) is 0.182. The van der Waals surface area contributed by atoms with Gasteiger partial charge < -0.3 is 0 Å². The summed E-state index contributed by atoms with van der Waals surface area (Å²) in [5, 5.41) is 2.77. The largest absolute Gasteiger partial charge is 0.135 e. The van der Waals surface area contributed by atoms with E-state index in [0.717, 1.165) is 0 Å². The number of hydrogen-bond acceptors (Lipinski definition) is 1. The van der Waals surface area contributed by atoms with Crippen molar-refractivity contribution in [2.45, 2.75) is 26.2 Å². The Balaban J connectivity index is 1.83. The van der Waals surface area contributed by atoms with Crippen molar-refractivity contribution < 1.29 is 0 Å². The molecule has 120 valence electrons. The summed E-state index contributed by atoms with van der Waals surface area (Å²) in [7, 11) is 0. The van der Waals surface area contributed by atoms with E-state index in [2.05, 4.69) is 104 Å². The molecule has 0 aliphatic heterocycles. The zero-order valence-corrected chi connectivity index (χ0v) is 17.0. The third-order valence-corrected chi connectivity index (χ3v) is 6.55. The lowest BCUT2D eigenvalue weighted by Gasteiger charge is -2.19. The quantitative estimate of drug-likeness (QED) is 0.266. The minimum atomic E-state index is 0.199. The molecule has 0 unspecified atom stereocenters. The van der Waals surface area contributed by atoms with Gasteiger partial charge in [0.2, 0.25) is 0 Å². The SMILES string of the molecule is CC(C)(C)c1ccc(-c2ccc3c(c2)sc2cccc(I)c23)cc1. The Bertz CT molecular complexity index is 1030. The van der Waals surface area contributed by atoms with Crippen LogP contribution >= 0.6 is 33.9 Å². The zero-order chi connectivity index (χ0) is 16.9. The Morgan fingerprint density at radius 1 is 0.792 bits per heavy atom. The molecule has 0 atom stereocenters. The maximum atomic E-state index is 2.44. The molecule has 1 heterocycles. The normalized spacial score (nSPS) is 12.2. The third kappa shape index (κ3) is 2.76. The lowest BCUT2D eigenvalue weighted by atomic mass is 9.86. The van der Waals surface area contributed by atoms with Crippen LogP contribution in [0.5, 0.6) is 0 Å². The van der Waals surface area contributed by atoms with E-state index in [4.69, 9.17) is 0 Å². The first-order chi connectivity index (χ1) is 11.4. The second-order valence-corrected chi connectivity index (χ2v) is 9.50. The Hall–Kier alpha value is -1.39. The standard InChI is InChI=1S/C22H19IS/c1-22(2,3)16-10-7-14(8-11-16)15-9-12-17-20(13-15)24-19-6-4-5-18(23)21(17)19/h4-13H,1-3H3. The average Bonchev–Trinajstić information content (AvgIpc) is 2.93. The third-order valence-electron chi connectivity index (χ3n) is 4.53. The van der Waals surface area contributed by atoms with Crippen molar-refractivity contribution in [2.75, 3.05) is 0 Å². The number of halogens is 1. The van der Waals surface area contributed by atoms with E-state index >= 15 is 0 Å². The van der Waals surface area contributed by atoms with Gasteiger partial charge in [-0.2, -0.15) is 0 Å². The Morgan fingerprint density at radius 3 is 2.21 bits per heavy atom. The monoisotopic (exact) mass is 442 g/mol. The lowest BCUT2D eigenvalue weighted by Crippen LogP contribution is -2.10. The first kappa shape index (κ1) is 16.1. The van der Waals surface area contributed by atoms with E-state index in [1.54, 1.807) is 0 Å². The van der Waals surface area contributed by atoms with Gasteiger partial charge in [0.25, 0.3) is 0 Å². The number of rotatable bonds is 1. The predicted octanol–water partition coefficient (Wildman–Crippen LogP) is 7.62. The maximum Gasteiger partial charge on any atom is 0.0366 e. The van der Waals surface area contributed by atoms with Gasteiger partial charge in [0, 0.05) is 23.7 Å². The van der Waals surface area contributed by atoms with Gasteiger partial charge in [0.1, 0.15) is 0 Å². The molecule has 0 spiro atoms. The molecule has 1 aromatic heterocycles. The van der Waals surface area contributed by atoms with Crippen molar-refractivity contribution in [3.8, 4) is 11.1 Å². The lowest BCUT2D eigenvalue weighted by molar-refractivity contribution is 0.590. The minimum absolute atomic E-state index is 0.199. The second kappa shape index (κ2) is 5.85. The Labute approximate surface area is 160 Å². The molecule has 2 heteroatoms. The van der Waals surface area contributed by atoms with Gasteiger partial charge in [-0.3, -0.25) is 0 Å². The molecular formula is C22H19IS. The molecule has 3 aromatic carbocycles. The number of hydrogen-bond donors (Lipinski definition) is 0. The van der Waals surface area contributed by atoms with Crippen molar-refractivity contribution in [1.82, 2.24) is 0 Å². The molecule has 0 aliphatic rings. The van der Waals surface area contributed by atoms with Crippen molar-refractivity contribution in [3.63, 3.8) is 0 Å². The van der Waals surface area contributed by atoms with E-state index in [0.29, 0.717) is 0 Å². The first-order valence-electron chi connectivity index (χ1n) is 8.15. The van der Waals surface area contributed by atoms with Crippen LogP contribution in [0.3, 0.4) is 0 Å². The molecular weight excluding hydrogens is 423 g/mol. The van der Waals surface area contributed by atoms with Crippen molar-refractivity contribution in [1.29, 1.82) is 0 Å². The van der Waals surface area contributed by atoms with Gasteiger partial charge in [0.05, 0.1) is 0 Å². The van der Waals surface area contributed by atoms with Crippen LogP contribution in [0.15, 0.2) is 60.7 Å². The molecule has 0 saturated heterocycles. The van der Waals surface area contributed by atoms with Gasteiger partial charge in [-0.1, -0.05) is 63.2 Å². The van der Waals surface area contributed by atoms with Crippen LogP contribution in [0, 0.1) is 3.57 Å². The van der Waals surface area contributed by atoms with Crippen LogP contribution in [0.25, 0.3) is 31.3 Å². The summed E-state index contributed by atoms with van der Waals surface area (Å²) in [5.74, 6) is 0. The molecule has 0 radical (unpaired) electrons. The highest BCUT2D eigenvalue weighted by Gasteiger charge is 2.13. The smallest absolute Gasteiger partial charge is 0.0366 e. The summed E-state index contributed by atoms with van der Waals surface area (Å²) in [6.45, 7) is 6.77. The number of thiophene rings is 1.